The highest BCUT2D eigenvalue weighted by Gasteiger charge is 2.14. The molecule has 1 amide bonds. The largest absolute Gasteiger partial charge is 0.490 e. The fourth-order valence-corrected chi connectivity index (χ4v) is 2.56. The van der Waals surface area contributed by atoms with Crippen molar-refractivity contribution in [1.82, 2.24) is 5.32 Å². The van der Waals surface area contributed by atoms with Gasteiger partial charge in [0.15, 0.2) is 11.5 Å². The Morgan fingerprint density at radius 2 is 1.81 bits per heavy atom. The molecule has 1 atom stereocenters. The number of aliphatic hydroxyl groups excluding tert-OH is 1. The number of unbranched alkanes of at least 4 members (excludes halogenated alkanes) is 1. The van der Waals surface area contributed by atoms with Crippen LogP contribution in [0.15, 0.2) is 42.5 Å². The topological polar surface area (TPSA) is 67.8 Å². The van der Waals surface area contributed by atoms with Crippen molar-refractivity contribution in [3.63, 3.8) is 0 Å². The van der Waals surface area contributed by atoms with Gasteiger partial charge in [0, 0.05) is 12.1 Å². The van der Waals surface area contributed by atoms with E-state index in [0.717, 1.165) is 24.0 Å². The van der Waals surface area contributed by atoms with Gasteiger partial charge in [-0.25, -0.2) is 0 Å². The first-order valence-electron chi connectivity index (χ1n) is 9.47. The van der Waals surface area contributed by atoms with Crippen molar-refractivity contribution in [2.45, 2.75) is 39.7 Å². The number of rotatable bonds is 10. The Morgan fingerprint density at radius 1 is 1.07 bits per heavy atom. The third-order valence-electron chi connectivity index (χ3n) is 4.18. The Hall–Kier alpha value is -2.53. The first kappa shape index (κ1) is 20.8. The number of benzene rings is 2. The summed E-state index contributed by atoms with van der Waals surface area (Å²) in [6, 6.07) is 12.7. The van der Waals surface area contributed by atoms with Gasteiger partial charge >= 0.3 is 0 Å². The van der Waals surface area contributed by atoms with Gasteiger partial charge in [0.25, 0.3) is 5.91 Å². The quantitative estimate of drug-likeness (QED) is 0.619. The lowest BCUT2D eigenvalue weighted by molar-refractivity contribution is 0.0915. The van der Waals surface area contributed by atoms with Crippen molar-refractivity contribution < 1.29 is 19.4 Å². The van der Waals surface area contributed by atoms with Gasteiger partial charge in [-0.2, -0.15) is 0 Å². The summed E-state index contributed by atoms with van der Waals surface area (Å²) in [6.45, 7) is 7.22. The van der Waals surface area contributed by atoms with E-state index in [0.29, 0.717) is 30.3 Å². The van der Waals surface area contributed by atoms with Crippen molar-refractivity contribution in [2.24, 2.45) is 0 Å². The molecule has 0 saturated carbocycles. The van der Waals surface area contributed by atoms with Crippen molar-refractivity contribution in [3.8, 4) is 11.5 Å². The fourth-order valence-electron chi connectivity index (χ4n) is 2.56. The molecule has 0 bridgehead atoms. The second kappa shape index (κ2) is 10.6. The van der Waals surface area contributed by atoms with E-state index < -0.39 is 6.10 Å². The van der Waals surface area contributed by atoms with Crippen molar-refractivity contribution in [1.29, 1.82) is 0 Å². The normalized spacial score (nSPS) is 11.7. The van der Waals surface area contributed by atoms with Crippen LogP contribution in [-0.2, 0) is 0 Å². The lowest BCUT2D eigenvalue weighted by Gasteiger charge is -2.15. The molecule has 0 aliphatic heterocycles. The average Bonchev–Trinajstić information content (AvgIpc) is 2.68. The molecule has 2 N–H and O–H groups in total. The van der Waals surface area contributed by atoms with Crippen LogP contribution in [0.1, 0.15) is 54.3 Å². The Labute approximate surface area is 161 Å². The van der Waals surface area contributed by atoms with Crippen LogP contribution < -0.4 is 14.8 Å². The Bertz CT molecular complexity index is 728. The summed E-state index contributed by atoms with van der Waals surface area (Å²) in [5.41, 5.74) is 2.37. The molecule has 0 aromatic heterocycles. The zero-order valence-electron chi connectivity index (χ0n) is 16.3. The zero-order chi connectivity index (χ0) is 19.6. The highest BCUT2D eigenvalue weighted by Crippen LogP contribution is 2.29. The third-order valence-corrected chi connectivity index (χ3v) is 4.18. The van der Waals surface area contributed by atoms with Crippen molar-refractivity contribution in [2.75, 3.05) is 19.8 Å². The van der Waals surface area contributed by atoms with Crippen LogP contribution in [0, 0.1) is 6.92 Å². The minimum absolute atomic E-state index is 0.139. The number of carbonyl (C=O) groups is 1. The summed E-state index contributed by atoms with van der Waals surface area (Å²) in [5.74, 6) is 0.934. The van der Waals surface area contributed by atoms with Crippen LogP contribution in [0.25, 0.3) is 0 Å². The lowest BCUT2D eigenvalue weighted by Crippen LogP contribution is -2.28. The highest BCUT2D eigenvalue weighted by atomic mass is 16.5. The van der Waals surface area contributed by atoms with Crippen molar-refractivity contribution in [3.05, 3.63) is 59.2 Å². The minimum atomic E-state index is -0.752. The van der Waals surface area contributed by atoms with Crippen LogP contribution >= 0.6 is 0 Å². The van der Waals surface area contributed by atoms with Crippen LogP contribution in [0.2, 0.25) is 0 Å². The monoisotopic (exact) mass is 371 g/mol. The molecular formula is C22H29NO4. The minimum Gasteiger partial charge on any atom is -0.490 e. The molecule has 146 valence electrons. The highest BCUT2D eigenvalue weighted by molar-refractivity contribution is 5.94. The van der Waals surface area contributed by atoms with Gasteiger partial charge in [0.05, 0.1) is 19.3 Å². The number of hydrogen-bond acceptors (Lipinski definition) is 4. The SMILES string of the molecule is CCCCOc1ccc(C(=O)NCC(O)c2ccc(C)cc2)cc1OCC. The van der Waals surface area contributed by atoms with E-state index in [2.05, 4.69) is 12.2 Å². The molecule has 0 radical (unpaired) electrons. The molecule has 5 nitrogen and oxygen atoms in total. The summed E-state index contributed by atoms with van der Waals surface area (Å²) in [7, 11) is 0. The molecule has 0 saturated heterocycles. The second-order valence-corrected chi connectivity index (χ2v) is 6.43. The summed E-state index contributed by atoms with van der Waals surface area (Å²) in [4.78, 5) is 12.4. The molecule has 2 aromatic rings. The number of hydrogen-bond donors (Lipinski definition) is 2. The summed E-state index contributed by atoms with van der Waals surface area (Å²) in [6.07, 6.45) is 1.26. The number of ether oxygens (including phenoxy) is 2. The zero-order valence-corrected chi connectivity index (χ0v) is 16.3. The van der Waals surface area contributed by atoms with Gasteiger partial charge in [-0.3, -0.25) is 4.79 Å². The van der Waals surface area contributed by atoms with Gasteiger partial charge in [0.1, 0.15) is 0 Å². The average molecular weight is 371 g/mol. The summed E-state index contributed by atoms with van der Waals surface area (Å²) >= 11 is 0. The first-order valence-corrected chi connectivity index (χ1v) is 9.47. The number of aliphatic hydroxyl groups is 1. The van der Waals surface area contributed by atoms with Crippen LogP contribution in [-0.4, -0.2) is 30.8 Å². The number of aryl methyl sites for hydroxylation is 1. The van der Waals surface area contributed by atoms with Crippen LogP contribution in [0.3, 0.4) is 0 Å². The van der Waals surface area contributed by atoms with E-state index >= 15 is 0 Å². The maximum atomic E-state index is 12.4. The number of carbonyl (C=O) groups excluding carboxylic acids is 1. The van der Waals surface area contributed by atoms with Crippen LogP contribution in [0.4, 0.5) is 0 Å². The van der Waals surface area contributed by atoms with Crippen molar-refractivity contribution >= 4 is 5.91 Å². The Morgan fingerprint density at radius 3 is 2.48 bits per heavy atom. The molecular weight excluding hydrogens is 342 g/mol. The van der Waals surface area contributed by atoms with E-state index in [9.17, 15) is 9.90 Å². The maximum Gasteiger partial charge on any atom is 0.251 e. The van der Waals surface area contributed by atoms with Crippen LogP contribution in [0.5, 0.6) is 11.5 Å². The molecule has 27 heavy (non-hydrogen) atoms. The smallest absolute Gasteiger partial charge is 0.251 e. The third kappa shape index (κ3) is 6.29. The van der Waals surface area contributed by atoms with Gasteiger partial charge in [-0.15, -0.1) is 0 Å². The predicted octanol–water partition coefficient (Wildman–Crippen LogP) is 4.04. The molecule has 0 aliphatic carbocycles. The lowest BCUT2D eigenvalue weighted by atomic mass is 10.1. The van der Waals surface area contributed by atoms with E-state index in [1.807, 2.05) is 38.1 Å². The molecule has 2 aromatic carbocycles. The molecule has 5 heteroatoms. The van der Waals surface area contributed by atoms with Gasteiger partial charge in [-0.05, 0) is 44.0 Å². The van der Waals surface area contributed by atoms with Gasteiger partial charge in [-0.1, -0.05) is 43.2 Å². The molecule has 0 spiro atoms. The molecule has 0 fully saturated rings. The number of nitrogens with one attached hydrogen (secondary N) is 1. The number of amides is 1. The maximum absolute atomic E-state index is 12.4. The van der Waals surface area contributed by atoms with E-state index in [1.54, 1.807) is 18.2 Å². The van der Waals surface area contributed by atoms with Gasteiger partial charge < -0.3 is 19.9 Å². The summed E-state index contributed by atoms with van der Waals surface area (Å²) in [5, 5.41) is 13.0. The predicted molar refractivity (Wildman–Crippen MR) is 106 cm³/mol. The molecule has 0 aliphatic rings. The summed E-state index contributed by atoms with van der Waals surface area (Å²) < 4.78 is 11.3. The molecule has 0 heterocycles. The first-order chi connectivity index (χ1) is 13.0. The Balaban J connectivity index is 2.00. The molecule has 2 rings (SSSR count). The molecule has 1 unspecified atom stereocenters. The fraction of sp³-hybridized carbons (Fsp3) is 0.409. The second-order valence-electron chi connectivity index (χ2n) is 6.43. The van der Waals surface area contributed by atoms with Gasteiger partial charge in [0.2, 0.25) is 0 Å². The van der Waals surface area contributed by atoms with E-state index in [1.165, 1.54) is 0 Å². The van der Waals surface area contributed by atoms with E-state index in [4.69, 9.17) is 9.47 Å². The Kier molecular flexibility index (Phi) is 8.14. The standard InChI is InChI=1S/C22H29NO4/c1-4-6-13-27-20-12-11-18(14-21(20)26-5-2)22(25)23-15-19(24)17-9-7-16(3)8-10-17/h7-12,14,19,24H,4-6,13,15H2,1-3H3,(H,23,25). The van der Waals surface area contributed by atoms with E-state index in [-0.39, 0.29) is 12.5 Å².